The number of carbonyl (C=O) groups excluding carboxylic acids is 1. The molecule has 366 valence electrons. The number of hydrogen-bond acceptors (Lipinski definition) is 15. The van der Waals surface area contributed by atoms with Gasteiger partial charge in [-0.25, -0.2) is 0 Å². The number of unbranched alkanes of at least 4 members (excludes halogenated alkanes) is 15. The fraction of sp³-hybridized carbons (Fsp3) is 0.978. The highest BCUT2D eigenvalue weighted by Gasteiger charge is 2.01. The van der Waals surface area contributed by atoms with E-state index in [1.54, 1.807) is 0 Å². The van der Waals surface area contributed by atoms with E-state index in [9.17, 15) is 4.79 Å². The summed E-state index contributed by atoms with van der Waals surface area (Å²) in [5.41, 5.74) is 0. The molecule has 0 radical (unpaired) electrons. The first-order valence-corrected chi connectivity index (χ1v) is 23.9. The molecule has 0 fully saturated rings. The van der Waals surface area contributed by atoms with Gasteiger partial charge in [0, 0.05) is 6.61 Å². The molecule has 15 heteroatoms. The monoisotopic (exact) mass is 885 g/mol. The molecule has 0 aromatic rings. The molecule has 0 unspecified atom stereocenters. The van der Waals surface area contributed by atoms with Crippen LogP contribution in [0.3, 0.4) is 0 Å². The lowest BCUT2D eigenvalue weighted by Crippen LogP contribution is -2.15. The zero-order valence-electron chi connectivity index (χ0n) is 39.0. The fourth-order valence-corrected chi connectivity index (χ4v) is 5.75. The van der Waals surface area contributed by atoms with Gasteiger partial charge in [-0.15, -0.1) is 0 Å². The Balaban J connectivity index is 3.07. The van der Waals surface area contributed by atoms with Crippen molar-refractivity contribution in [2.45, 2.75) is 116 Å². The van der Waals surface area contributed by atoms with Crippen LogP contribution in [0.1, 0.15) is 116 Å². The van der Waals surface area contributed by atoms with E-state index in [-0.39, 0.29) is 12.4 Å². The van der Waals surface area contributed by atoms with E-state index in [1.165, 1.54) is 103 Å². The van der Waals surface area contributed by atoms with Gasteiger partial charge in [0.1, 0.15) is 0 Å². The molecule has 0 heterocycles. The molecule has 15 nitrogen and oxygen atoms in total. The summed E-state index contributed by atoms with van der Waals surface area (Å²) in [4.78, 5) is 10.9. The summed E-state index contributed by atoms with van der Waals surface area (Å²) in [6.45, 7) is 15.7. The van der Waals surface area contributed by atoms with Crippen molar-refractivity contribution in [1.29, 1.82) is 0 Å². The lowest BCUT2D eigenvalue weighted by atomic mass is 10.0. The summed E-state index contributed by atoms with van der Waals surface area (Å²) < 4.78 is 76.0. The second-order valence-electron chi connectivity index (χ2n) is 14.6. The Kier molecular flexibility index (Phi) is 56.0. The van der Waals surface area contributed by atoms with E-state index in [0.29, 0.717) is 165 Å². The highest BCUT2D eigenvalue weighted by atomic mass is 16.6. The summed E-state index contributed by atoms with van der Waals surface area (Å²) in [5.74, 6) is -0.285. The van der Waals surface area contributed by atoms with Crippen molar-refractivity contribution in [3.05, 3.63) is 0 Å². The summed E-state index contributed by atoms with van der Waals surface area (Å²) in [6.07, 6.45) is 22.4. The Morgan fingerprint density at radius 3 is 0.639 bits per heavy atom. The van der Waals surface area contributed by atoms with Crippen LogP contribution in [0.4, 0.5) is 0 Å². The number of ether oxygens (including phenoxy) is 14. The second-order valence-corrected chi connectivity index (χ2v) is 14.6. The molecule has 61 heavy (non-hydrogen) atoms. The van der Waals surface area contributed by atoms with Gasteiger partial charge in [-0.2, -0.15) is 0 Å². The minimum absolute atomic E-state index is 0.245. The van der Waals surface area contributed by atoms with Crippen molar-refractivity contribution in [2.75, 3.05) is 179 Å². The minimum atomic E-state index is -0.285. The average Bonchev–Trinajstić information content (AvgIpc) is 3.27. The number of esters is 1. The molecule has 0 rings (SSSR count). The third-order valence-corrected chi connectivity index (χ3v) is 9.28. The van der Waals surface area contributed by atoms with E-state index in [1.807, 2.05) is 0 Å². The van der Waals surface area contributed by atoms with Gasteiger partial charge in [-0.05, 0) is 6.42 Å². The first kappa shape index (κ1) is 60.0. The maximum absolute atomic E-state index is 10.9. The molecule has 0 aliphatic heterocycles. The normalized spacial score (nSPS) is 11.6. The smallest absolute Gasteiger partial charge is 0.307 e. The number of carbonyl (C=O) groups is 1. The van der Waals surface area contributed by atoms with E-state index in [0.717, 1.165) is 13.0 Å². The predicted molar refractivity (Wildman–Crippen MR) is 237 cm³/mol. The predicted octanol–water partition coefficient (Wildman–Crippen LogP) is 7.03. The van der Waals surface area contributed by atoms with Crippen molar-refractivity contribution in [3.63, 3.8) is 0 Å². The zero-order chi connectivity index (χ0) is 43.9. The van der Waals surface area contributed by atoms with Gasteiger partial charge in [-0.3, -0.25) is 4.79 Å². The molecule has 0 aromatic heterocycles. The minimum Gasteiger partial charge on any atom is -0.469 e. The standard InChI is InChI=1S/C46H92O15/c1-3-4-5-6-7-8-9-10-11-12-13-14-15-16-17-18-20-49-22-24-51-26-28-53-30-32-55-34-36-57-38-40-59-42-44-61-45-43-60-41-39-58-37-35-56-33-31-54-29-27-52-25-23-50-21-19-46(47)48-2/h3-45H2,1-2H3. The first-order valence-electron chi connectivity index (χ1n) is 23.9. The zero-order valence-corrected chi connectivity index (χ0v) is 39.0. The van der Waals surface area contributed by atoms with Gasteiger partial charge in [-0.1, -0.05) is 103 Å². The van der Waals surface area contributed by atoms with Crippen molar-refractivity contribution in [3.8, 4) is 0 Å². The number of methoxy groups -OCH3 is 1. The first-order chi connectivity index (χ1) is 30.3. The van der Waals surface area contributed by atoms with Gasteiger partial charge in [0.25, 0.3) is 0 Å². The van der Waals surface area contributed by atoms with Gasteiger partial charge >= 0.3 is 5.97 Å². The topological polar surface area (TPSA) is 146 Å². The quantitative estimate of drug-likeness (QED) is 0.0455. The molecule has 0 N–H and O–H groups in total. The Labute approximate surface area is 371 Å². The van der Waals surface area contributed by atoms with E-state index in [4.69, 9.17) is 61.6 Å². The lowest BCUT2D eigenvalue weighted by Gasteiger charge is -2.09. The Hall–Kier alpha value is -1.05. The summed E-state index contributed by atoms with van der Waals surface area (Å²) in [6, 6.07) is 0. The van der Waals surface area contributed by atoms with Crippen LogP contribution in [0, 0.1) is 0 Å². The summed E-state index contributed by atoms with van der Waals surface area (Å²) in [5, 5.41) is 0. The van der Waals surface area contributed by atoms with Crippen LogP contribution in [0.5, 0.6) is 0 Å². The van der Waals surface area contributed by atoms with Crippen molar-refractivity contribution < 1.29 is 71.1 Å². The van der Waals surface area contributed by atoms with Crippen LogP contribution in [0.25, 0.3) is 0 Å². The molecule has 0 atom stereocenters. The lowest BCUT2D eigenvalue weighted by molar-refractivity contribution is -0.141. The maximum Gasteiger partial charge on any atom is 0.307 e. The molecule has 0 spiro atoms. The van der Waals surface area contributed by atoms with Crippen LogP contribution < -0.4 is 0 Å². The van der Waals surface area contributed by atoms with Gasteiger partial charge < -0.3 is 66.3 Å². The Bertz CT molecular complexity index is 798. The van der Waals surface area contributed by atoms with Crippen LogP contribution in [0.15, 0.2) is 0 Å². The van der Waals surface area contributed by atoms with Crippen molar-refractivity contribution in [1.82, 2.24) is 0 Å². The molecular weight excluding hydrogens is 792 g/mol. The molecule has 0 saturated heterocycles. The van der Waals surface area contributed by atoms with Crippen LogP contribution in [-0.4, -0.2) is 185 Å². The van der Waals surface area contributed by atoms with Crippen LogP contribution in [0.2, 0.25) is 0 Å². The number of rotatable bonds is 56. The van der Waals surface area contributed by atoms with E-state index in [2.05, 4.69) is 11.7 Å². The van der Waals surface area contributed by atoms with Gasteiger partial charge in [0.15, 0.2) is 0 Å². The van der Waals surface area contributed by atoms with Gasteiger partial charge in [0.05, 0.1) is 179 Å². The number of hydrogen-bond donors (Lipinski definition) is 0. The second kappa shape index (κ2) is 57.0. The van der Waals surface area contributed by atoms with E-state index >= 15 is 0 Å². The van der Waals surface area contributed by atoms with Crippen molar-refractivity contribution in [2.24, 2.45) is 0 Å². The van der Waals surface area contributed by atoms with Gasteiger partial charge in [0.2, 0.25) is 0 Å². The van der Waals surface area contributed by atoms with E-state index < -0.39 is 0 Å². The largest absolute Gasteiger partial charge is 0.469 e. The van der Waals surface area contributed by atoms with Crippen LogP contribution in [-0.2, 0) is 71.1 Å². The third kappa shape index (κ3) is 56.9. The molecule has 0 aliphatic carbocycles. The molecule has 0 bridgehead atoms. The molecule has 0 amide bonds. The Morgan fingerprint density at radius 1 is 0.246 bits per heavy atom. The van der Waals surface area contributed by atoms with Crippen LogP contribution >= 0.6 is 0 Å². The fourth-order valence-electron chi connectivity index (χ4n) is 5.75. The molecular formula is C46H92O15. The molecule has 0 aromatic carbocycles. The highest BCUT2D eigenvalue weighted by Crippen LogP contribution is 2.13. The summed E-state index contributed by atoms with van der Waals surface area (Å²) >= 11 is 0. The van der Waals surface area contributed by atoms with Crippen molar-refractivity contribution >= 4 is 5.97 Å². The molecule has 0 saturated carbocycles. The highest BCUT2D eigenvalue weighted by molar-refractivity contribution is 5.69. The third-order valence-electron chi connectivity index (χ3n) is 9.28. The maximum atomic E-state index is 10.9. The molecule has 0 aliphatic rings. The Morgan fingerprint density at radius 2 is 0.426 bits per heavy atom. The average molecular weight is 885 g/mol. The summed E-state index contributed by atoms with van der Waals surface area (Å²) in [7, 11) is 1.36. The SMILES string of the molecule is CCCCCCCCCCCCCCCCCCOCCOCCOCCOCCOCCOCCOCCOCCOCCOCCOCCOCCOCCC(=O)OC.